The number of anilines is 1. The van der Waals surface area contributed by atoms with E-state index in [0.717, 1.165) is 30.6 Å². The van der Waals surface area contributed by atoms with E-state index in [1.807, 2.05) is 29.2 Å². The maximum Gasteiger partial charge on any atom is 0.240 e. The summed E-state index contributed by atoms with van der Waals surface area (Å²) in [4.78, 5) is 14.3. The van der Waals surface area contributed by atoms with Crippen LogP contribution in [-0.2, 0) is 17.8 Å². The molecule has 114 valence electrons. The summed E-state index contributed by atoms with van der Waals surface area (Å²) in [6.45, 7) is 1.50. The zero-order valence-corrected chi connectivity index (χ0v) is 12.4. The van der Waals surface area contributed by atoms with Gasteiger partial charge in [-0.25, -0.2) is 4.39 Å². The molecule has 1 amide bonds. The van der Waals surface area contributed by atoms with E-state index < -0.39 is 0 Å². The number of halogens is 1. The van der Waals surface area contributed by atoms with Crippen LogP contribution in [0.4, 0.5) is 10.1 Å². The molecule has 0 radical (unpaired) electrons. The van der Waals surface area contributed by atoms with E-state index in [0.29, 0.717) is 6.54 Å². The number of benzene rings is 2. The Labute approximate surface area is 129 Å². The molecular formula is C18H19FN2O. The van der Waals surface area contributed by atoms with Gasteiger partial charge >= 0.3 is 0 Å². The number of carbonyl (C=O) groups is 1. The van der Waals surface area contributed by atoms with Crippen LogP contribution in [0.15, 0.2) is 48.5 Å². The van der Waals surface area contributed by atoms with Gasteiger partial charge in [-0.05, 0) is 42.2 Å². The van der Waals surface area contributed by atoms with E-state index in [2.05, 4.69) is 11.4 Å². The minimum absolute atomic E-state index is 0.0588. The van der Waals surface area contributed by atoms with Crippen LogP contribution in [0.3, 0.4) is 0 Å². The van der Waals surface area contributed by atoms with Crippen molar-refractivity contribution in [2.24, 2.45) is 0 Å². The second-order valence-corrected chi connectivity index (χ2v) is 5.51. The largest absolute Gasteiger partial charge is 0.311 e. The summed E-state index contributed by atoms with van der Waals surface area (Å²) in [5.74, 6) is -0.195. The van der Waals surface area contributed by atoms with Crippen LogP contribution in [-0.4, -0.2) is 19.0 Å². The van der Waals surface area contributed by atoms with Gasteiger partial charge in [-0.2, -0.15) is 0 Å². The lowest BCUT2D eigenvalue weighted by Crippen LogP contribution is -2.41. The highest BCUT2D eigenvalue weighted by atomic mass is 19.1. The topological polar surface area (TPSA) is 32.3 Å². The minimum Gasteiger partial charge on any atom is -0.311 e. The molecule has 22 heavy (non-hydrogen) atoms. The molecule has 1 N–H and O–H groups in total. The molecule has 0 aromatic heterocycles. The normalized spacial score (nSPS) is 13.8. The molecular weight excluding hydrogens is 279 g/mol. The third kappa shape index (κ3) is 3.34. The Bertz CT molecular complexity index is 672. The molecule has 2 aromatic carbocycles. The number of carbonyl (C=O) groups excluding carboxylic acids is 1. The molecule has 0 unspecified atom stereocenters. The van der Waals surface area contributed by atoms with E-state index in [1.54, 1.807) is 6.07 Å². The first kappa shape index (κ1) is 14.7. The van der Waals surface area contributed by atoms with E-state index >= 15 is 0 Å². The van der Waals surface area contributed by atoms with E-state index in [1.165, 1.54) is 17.7 Å². The number of fused-ring (bicyclic) bond motifs is 1. The van der Waals surface area contributed by atoms with Gasteiger partial charge in [0.1, 0.15) is 5.82 Å². The highest BCUT2D eigenvalue weighted by Crippen LogP contribution is 2.26. The Kier molecular flexibility index (Phi) is 4.49. The van der Waals surface area contributed by atoms with Crippen LogP contribution in [0.5, 0.6) is 0 Å². The predicted octanol–water partition coefficient (Wildman–Crippen LogP) is 2.89. The maximum atomic E-state index is 13.1. The summed E-state index contributed by atoms with van der Waals surface area (Å²) >= 11 is 0. The van der Waals surface area contributed by atoms with Gasteiger partial charge in [0.2, 0.25) is 5.91 Å². The van der Waals surface area contributed by atoms with Crippen LogP contribution in [0.25, 0.3) is 0 Å². The fraction of sp³-hybridized carbons (Fsp3) is 0.278. The number of rotatable bonds is 4. The van der Waals surface area contributed by atoms with Crippen LogP contribution >= 0.6 is 0 Å². The molecule has 0 fully saturated rings. The molecule has 4 heteroatoms. The second kappa shape index (κ2) is 6.71. The van der Waals surface area contributed by atoms with Gasteiger partial charge in [0.25, 0.3) is 0 Å². The van der Waals surface area contributed by atoms with Crippen molar-refractivity contribution >= 4 is 11.6 Å². The van der Waals surface area contributed by atoms with Gasteiger partial charge in [-0.3, -0.25) is 4.79 Å². The number of para-hydroxylation sites is 1. The van der Waals surface area contributed by atoms with Gasteiger partial charge in [-0.1, -0.05) is 30.3 Å². The van der Waals surface area contributed by atoms with Crippen LogP contribution in [0.1, 0.15) is 17.5 Å². The molecule has 0 atom stereocenters. The zero-order chi connectivity index (χ0) is 15.4. The number of aryl methyl sites for hydroxylation is 1. The Balaban J connectivity index is 1.59. The summed E-state index contributed by atoms with van der Waals surface area (Å²) in [5.41, 5.74) is 3.09. The van der Waals surface area contributed by atoms with Crippen molar-refractivity contribution in [2.45, 2.75) is 19.4 Å². The number of nitrogens with one attached hydrogen (secondary N) is 1. The third-order valence-electron chi connectivity index (χ3n) is 3.91. The van der Waals surface area contributed by atoms with Gasteiger partial charge < -0.3 is 10.2 Å². The monoisotopic (exact) mass is 298 g/mol. The Hall–Kier alpha value is -2.20. The number of hydrogen-bond acceptors (Lipinski definition) is 2. The number of amides is 1. The van der Waals surface area contributed by atoms with Crippen LogP contribution in [0.2, 0.25) is 0 Å². The van der Waals surface area contributed by atoms with Crippen LogP contribution < -0.4 is 10.2 Å². The molecule has 0 spiro atoms. The minimum atomic E-state index is -0.254. The Morgan fingerprint density at radius 1 is 1.18 bits per heavy atom. The zero-order valence-electron chi connectivity index (χ0n) is 12.4. The Morgan fingerprint density at radius 3 is 2.91 bits per heavy atom. The number of nitrogens with zero attached hydrogens (tertiary/aromatic N) is 1. The summed E-state index contributed by atoms with van der Waals surface area (Å²) in [6, 6.07) is 14.5. The van der Waals surface area contributed by atoms with Crippen molar-refractivity contribution in [2.75, 3.05) is 18.0 Å². The Morgan fingerprint density at radius 2 is 2.05 bits per heavy atom. The number of hydrogen-bond donors (Lipinski definition) is 1. The van der Waals surface area contributed by atoms with Crippen molar-refractivity contribution in [3.63, 3.8) is 0 Å². The first-order valence-corrected chi connectivity index (χ1v) is 7.57. The first-order chi connectivity index (χ1) is 10.7. The molecule has 1 heterocycles. The predicted molar refractivity (Wildman–Crippen MR) is 85.2 cm³/mol. The molecule has 0 saturated heterocycles. The molecule has 3 rings (SSSR count). The van der Waals surface area contributed by atoms with Gasteiger partial charge in [-0.15, -0.1) is 0 Å². The highest BCUT2D eigenvalue weighted by molar-refractivity contribution is 5.95. The fourth-order valence-corrected chi connectivity index (χ4v) is 2.85. The maximum absolute atomic E-state index is 13.1. The van der Waals surface area contributed by atoms with E-state index in [9.17, 15) is 9.18 Å². The lowest BCUT2D eigenvalue weighted by atomic mass is 10.0. The molecule has 2 aromatic rings. The SMILES string of the molecule is O=C(CNCc1cccc(F)c1)N1CCCc2ccccc21. The first-order valence-electron chi connectivity index (χ1n) is 7.57. The molecule has 1 aliphatic heterocycles. The van der Waals surface area contributed by atoms with Gasteiger partial charge in [0.15, 0.2) is 0 Å². The molecule has 0 saturated carbocycles. The molecule has 1 aliphatic rings. The van der Waals surface area contributed by atoms with Crippen molar-refractivity contribution in [3.05, 3.63) is 65.5 Å². The lowest BCUT2D eigenvalue weighted by molar-refractivity contribution is -0.117. The molecule has 0 bridgehead atoms. The average molecular weight is 298 g/mol. The summed E-state index contributed by atoms with van der Waals surface area (Å²) in [5, 5.41) is 3.10. The van der Waals surface area contributed by atoms with Crippen molar-refractivity contribution in [3.8, 4) is 0 Å². The fourth-order valence-electron chi connectivity index (χ4n) is 2.85. The lowest BCUT2D eigenvalue weighted by Gasteiger charge is -2.29. The summed E-state index contributed by atoms with van der Waals surface area (Å²) < 4.78 is 13.1. The van der Waals surface area contributed by atoms with Crippen molar-refractivity contribution < 1.29 is 9.18 Å². The van der Waals surface area contributed by atoms with Gasteiger partial charge in [0.05, 0.1) is 6.54 Å². The third-order valence-corrected chi connectivity index (χ3v) is 3.91. The van der Waals surface area contributed by atoms with Crippen molar-refractivity contribution in [1.29, 1.82) is 0 Å². The second-order valence-electron chi connectivity index (χ2n) is 5.51. The van der Waals surface area contributed by atoms with Gasteiger partial charge in [0, 0.05) is 18.8 Å². The average Bonchev–Trinajstić information content (AvgIpc) is 2.54. The standard InChI is InChI=1S/C18H19FN2O/c19-16-8-3-5-14(11-16)12-20-13-18(22)21-10-4-7-15-6-1-2-9-17(15)21/h1-3,5-6,8-9,11,20H,4,7,10,12-13H2. The summed E-state index contributed by atoms with van der Waals surface area (Å²) in [6.07, 6.45) is 2.02. The van der Waals surface area contributed by atoms with Crippen LogP contribution in [0, 0.1) is 5.82 Å². The van der Waals surface area contributed by atoms with E-state index in [4.69, 9.17) is 0 Å². The molecule has 0 aliphatic carbocycles. The molecule has 3 nitrogen and oxygen atoms in total. The quantitative estimate of drug-likeness (QED) is 0.941. The highest BCUT2D eigenvalue weighted by Gasteiger charge is 2.21. The van der Waals surface area contributed by atoms with Crippen molar-refractivity contribution in [1.82, 2.24) is 5.32 Å². The van der Waals surface area contributed by atoms with E-state index in [-0.39, 0.29) is 18.3 Å². The summed E-state index contributed by atoms with van der Waals surface area (Å²) in [7, 11) is 0. The smallest absolute Gasteiger partial charge is 0.240 e.